The average Bonchev–Trinajstić information content (AvgIpc) is 3.17. The van der Waals surface area contributed by atoms with Gasteiger partial charge in [-0.3, -0.25) is 0 Å². The summed E-state index contributed by atoms with van der Waals surface area (Å²) in [5, 5.41) is 12.7. The number of fused-ring (bicyclic) bond motifs is 1. The normalized spacial score (nSPS) is 20.5. The molecule has 0 spiro atoms. The number of aromatic nitrogens is 4. The second kappa shape index (κ2) is 6.91. The third-order valence-corrected chi connectivity index (χ3v) is 5.86. The Morgan fingerprint density at radius 2 is 1.82 bits per heavy atom. The Labute approximate surface area is 164 Å². The largest absolute Gasteiger partial charge is 0.493 e. The first-order valence-corrected chi connectivity index (χ1v) is 9.38. The van der Waals surface area contributed by atoms with Crippen molar-refractivity contribution in [1.82, 2.24) is 20.2 Å². The van der Waals surface area contributed by atoms with Crippen LogP contribution >= 0.6 is 0 Å². The van der Waals surface area contributed by atoms with Crippen molar-refractivity contribution in [3.05, 3.63) is 59.4 Å². The Hall–Kier alpha value is -2.93. The standard InChI is InChI=1S/C21H25N5O2/c1-21(2)13-14-8-6-7-9-16(14)19(25(21)3)20-22-23-24-26(20)15-10-11-17(27-4)18(12-15)28-5/h6-12,19H,13H2,1-5H3/p+1/t19-/m1/s1. The summed E-state index contributed by atoms with van der Waals surface area (Å²) in [6, 6.07) is 14.3. The van der Waals surface area contributed by atoms with Crippen molar-refractivity contribution in [3.63, 3.8) is 0 Å². The number of ether oxygens (including phenoxy) is 2. The zero-order chi connectivity index (χ0) is 19.9. The number of rotatable bonds is 4. The van der Waals surface area contributed by atoms with Gasteiger partial charge in [-0.25, -0.2) is 0 Å². The van der Waals surface area contributed by atoms with Gasteiger partial charge in [-0.1, -0.05) is 24.3 Å². The molecule has 0 saturated carbocycles. The van der Waals surface area contributed by atoms with Crippen molar-refractivity contribution < 1.29 is 14.4 Å². The molecule has 1 N–H and O–H groups in total. The third-order valence-electron chi connectivity index (χ3n) is 5.86. The zero-order valence-electron chi connectivity index (χ0n) is 16.9. The molecule has 0 bridgehead atoms. The Morgan fingerprint density at radius 1 is 1.07 bits per heavy atom. The molecule has 0 radical (unpaired) electrons. The summed E-state index contributed by atoms with van der Waals surface area (Å²) in [6.07, 6.45) is 1.02. The van der Waals surface area contributed by atoms with Gasteiger partial charge in [0.1, 0.15) is 0 Å². The van der Waals surface area contributed by atoms with Crippen LogP contribution in [0.25, 0.3) is 5.69 Å². The molecule has 3 aromatic rings. The highest BCUT2D eigenvalue weighted by molar-refractivity contribution is 5.49. The molecule has 146 valence electrons. The molecule has 1 aromatic heterocycles. The van der Waals surface area contributed by atoms with Crippen LogP contribution in [0.1, 0.15) is 36.8 Å². The van der Waals surface area contributed by atoms with Crippen LogP contribution in [0.15, 0.2) is 42.5 Å². The van der Waals surface area contributed by atoms with Crippen LogP contribution in [-0.2, 0) is 6.42 Å². The van der Waals surface area contributed by atoms with E-state index in [0.717, 1.165) is 17.9 Å². The lowest BCUT2D eigenvalue weighted by Crippen LogP contribution is -3.18. The lowest BCUT2D eigenvalue weighted by Gasteiger charge is -2.42. The quantitative estimate of drug-likeness (QED) is 0.745. The smallest absolute Gasteiger partial charge is 0.219 e. The predicted molar refractivity (Wildman–Crippen MR) is 105 cm³/mol. The molecule has 1 unspecified atom stereocenters. The second-order valence-corrected chi connectivity index (χ2v) is 7.86. The first-order valence-electron chi connectivity index (χ1n) is 9.38. The third kappa shape index (κ3) is 2.92. The van der Waals surface area contributed by atoms with Crippen molar-refractivity contribution in [1.29, 1.82) is 0 Å². The minimum absolute atomic E-state index is 0.0306. The van der Waals surface area contributed by atoms with Crippen molar-refractivity contribution >= 4 is 0 Å². The molecule has 1 aliphatic heterocycles. The molecular weight excluding hydrogens is 354 g/mol. The number of tetrazole rings is 1. The van der Waals surface area contributed by atoms with E-state index in [2.05, 4.69) is 60.7 Å². The second-order valence-electron chi connectivity index (χ2n) is 7.86. The molecule has 1 aliphatic rings. The molecule has 7 heteroatoms. The van der Waals surface area contributed by atoms with Gasteiger partial charge >= 0.3 is 0 Å². The number of nitrogens with zero attached hydrogens (tertiary/aromatic N) is 4. The van der Waals surface area contributed by atoms with E-state index < -0.39 is 0 Å². The van der Waals surface area contributed by atoms with Crippen molar-refractivity contribution in [3.8, 4) is 17.2 Å². The maximum atomic E-state index is 5.46. The van der Waals surface area contributed by atoms with Crippen LogP contribution in [0, 0.1) is 0 Å². The van der Waals surface area contributed by atoms with Crippen molar-refractivity contribution in [2.24, 2.45) is 0 Å². The summed E-state index contributed by atoms with van der Waals surface area (Å²) in [5.74, 6) is 2.13. The summed E-state index contributed by atoms with van der Waals surface area (Å²) in [5.41, 5.74) is 3.53. The molecule has 0 saturated heterocycles. The molecule has 4 rings (SSSR count). The summed E-state index contributed by atoms with van der Waals surface area (Å²) in [6.45, 7) is 4.58. The van der Waals surface area contributed by atoms with E-state index in [4.69, 9.17) is 9.47 Å². The van der Waals surface area contributed by atoms with Gasteiger partial charge in [0.25, 0.3) is 0 Å². The highest BCUT2D eigenvalue weighted by atomic mass is 16.5. The van der Waals surface area contributed by atoms with E-state index in [1.54, 1.807) is 18.9 Å². The van der Waals surface area contributed by atoms with Crippen LogP contribution in [0.5, 0.6) is 11.5 Å². The summed E-state index contributed by atoms with van der Waals surface area (Å²) in [7, 11) is 5.47. The Bertz CT molecular complexity index is 998. The molecule has 2 atom stereocenters. The van der Waals surface area contributed by atoms with E-state index in [-0.39, 0.29) is 11.6 Å². The topological polar surface area (TPSA) is 66.5 Å². The molecule has 0 amide bonds. The van der Waals surface area contributed by atoms with Crippen LogP contribution in [0.3, 0.4) is 0 Å². The molecule has 0 aliphatic carbocycles. The molecule has 2 aromatic carbocycles. The number of methoxy groups -OCH3 is 2. The van der Waals surface area contributed by atoms with Crippen LogP contribution in [0.2, 0.25) is 0 Å². The number of hydrogen-bond acceptors (Lipinski definition) is 5. The van der Waals surface area contributed by atoms with E-state index in [9.17, 15) is 0 Å². The number of nitrogens with one attached hydrogen (secondary N) is 1. The number of likely N-dealkylation sites (N-methyl/N-ethyl adjacent to an activating group) is 1. The van der Waals surface area contributed by atoms with Crippen LogP contribution in [-0.4, -0.2) is 47.0 Å². The van der Waals surface area contributed by atoms with E-state index in [0.29, 0.717) is 11.5 Å². The lowest BCUT2D eigenvalue weighted by molar-refractivity contribution is -0.957. The minimum Gasteiger partial charge on any atom is -0.493 e. The highest BCUT2D eigenvalue weighted by Crippen LogP contribution is 2.32. The van der Waals surface area contributed by atoms with Crippen LogP contribution in [0.4, 0.5) is 0 Å². The predicted octanol–water partition coefficient (Wildman–Crippen LogP) is 1.62. The van der Waals surface area contributed by atoms with Gasteiger partial charge in [-0.2, -0.15) is 4.68 Å². The molecule has 28 heavy (non-hydrogen) atoms. The molecule has 2 heterocycles. The summed E-state index contributed by atoms with van der Waals surface area (Å²) >= 11 is 0. The number of hydrogen-bond donors (Lipinski definition) is 1. The molecular formula is C21H26N5O2+. The van der Waals surface area contributed by atoms with E-state index in [1.807, 2.05) is 18.2 Å². The fraction of sp³-hybridized carbons (Fsp3) is 0.381. The van der Waals surface area contributed by atoms with Gasteiger partial charge in [0.15, 0.2) is 17.5 Å². The van der Waals surface area contributed by atoms with Crippen molar-refractivity contribution in [2.45, 2.75) is 31.8 Å². The van der Waals surface area contributed by atoms with Gasteiger partial charge in [0.05, 0.1) is 32.5 Å². The number of quaternary nitrogens is 1. The molecule has 0 fully saturated rings. The first-order chi connectivity index (χ1) is 13.5. The van der Waals surface area contributed by atoms with Gasteiger partial charge in [-0.05, 0) is 42.0 Å². The summed E-state index contributed by atoms with van der Waals surface area (Å²) < 4.78 is 12.6. The maximum absolute atomic E-state index is 5.46. The fourth-order valence-electron chi connectivity index (χ4n) is 4.06. The summed E-state index contributed by atoms with van der Waals surface area (Å²) in [4.78, 5) is 1.36. The van der Waals surface area contributed by atoms with E-state index >= 15 is 0 Å². The number of benzene rings is 2. The highest BCUT2D eigenvalue weighted by Gasteiger charge is 2.44. The van der Waals surface area contributed by atoms with Gasteiger partial charge < -0.3 is 14.4 Å². The van der Waals surface area contributed by atoms with E-state index in [1.165, 1.54) is 16.0 Å². The Balaban J connectivity index is 1.85. The minimum atomic E-state index is 0.0306. The van der Waals surface area contributed by atoms with Crippen molar-refractivity contribution in [2.75, 3.05) is 21.3 Å². The van der Waals surface area contributed by atoms with Gasteiger partial charge in [0, 0.05) is 18.1 Å². The van der Waals surface area contributed by atoms with Crippen LogP contribution < -0.4 is 14.4 Å². The monoisotopic (exact) mass is 380 g/mol. The zero-order valence-corrected chi connectivity index (χ0v) is 16.9. The Kier molecular flexibility index (Phi) is 4.55. The average molecular weight is 380 g/mol. The maximum Gasteiger partial charge on any atom is 0.219 e. The fourth-order valence-corrected chi connectivity index (χ4v) is 4.06. The Morgan fingerprint density at radius 3 is 2.57 bits per heavy atom. The SMILES string of the molecule is COc1ccc(-n2nnnc2[C@H]2c3ccccc3CC(C)(C)[NH+]2C)cc1OC. The van der Waals surface area contributed by atoms with Gasteiger partial charge in [0.2, 0.25) is 5.82 Å². The lowest BCUT2D eigenvalue weighted by atomic mass is 9.81. The molecule has 7 nitrogen and oxygen atoms in total. The van der Waals surface area contributed by atoms with Gasteiger partial charge in [-0.15, -0.1) is 5.10 Å². The first kappa shape index (κ1) is 18.4.